The van der Waals surface area contributed by atoms with Crippen LogP contribution >= 0.6 is 0 Å². The van der Waals surface area contributed by atoms with Crippen LogP contribution in [0.25, 0.3) is 6.08 Å². The molecule has 4 rings (SSSR count). The third-order valence-corrected chi connectivity index (χ3v) is 5.14. The van der Waals surface area contributed by atoms with Crippen molar-refractivity contribution in [2.45, 2.75) is 26.5 Å². The number of amides is 2. The normalized spacial score (nSPS) is 15.2. The number of hydrogen-bond acceptors (Lipinski definition) is 4. The molecular weight excluding hydrogens is 404 g/mol. The molecule has 2 heterocycles. The number of para-hydroxylation sites is 1. The second-order valence-corrected chi connectivity index (χ2v) is 7.58. The summed E-state index contributed by atoms with van der Waals surface area (Å²) in [4.78, 5) is 25.8. The summed E-state index contributed by atoms with van der Waals surface area (Å²) < 4.78 is 11.3. The Hall–Kier alpha value is -4.06. The lowest BCUT2D eigenvalue weighted by Crippen LogP contribution is -2.35. The van der Waals surface area contributed by atoms with E-state index in [2.05, 4.69) is 10.6 Å². The van der Waals surface area contributed by atoms with Crippen molar-refractivity contribution in [1.29, 1.82) is 0 Å². The zero-order valence-electron chi connectivity index (χ0n) is 17.9. The third kappa shape index (κ3) is 4.98. The minimum atomic E-state index is -0.422. The monoisotopic (exact) mass is 428 g/mol. The zero-order valence-corrected chi connectivity index (χ0v) is 17.9. The molecule has 0 bridgehead atoms. The molecule has 0 spiro atoms. The van der Waals surface area contributed by atoms with Gasteiger partial charge in [-0.05, 0) is 61.9 Å². The molecule has 2 amide bonds. The standard InChI is InChI=1S/C26H24N2O4/c1-17-9-11-19(12-10-17)25(29)28-23(26(30)27-16-22-7-5-13-31-22)15-21-14-20-6-3-4-8-24(20)32-18(21)2/h3-15,18H,16H2,1-2H3,(H,27,30)(H,28,29)/b23-15+/t18-/m1/s1. The average molecular weight is 428 g/mol. The second kappa shape index (κ2) is 9.39. The summed E-state index contributed by atoms with van der Waals surface area (Å²) in [7, 11) is 0. The van der Waals surface area contributed by atoms with Crippen molar-refractivity contribution in [2.24, 2.45) is 0 Å². The maximum absolute atomic E-state index is 13.0. The van der Waals surface area contributed by atoms with Gasteiger partial charge < -0.3 is 19.8 Å². The van der Waals surface area contributed by atoms with Gasteiger partial charge in [-0.3, -0.25) is 9.59 Å². The minimum absolute atomic E-state index is 0.128. The van der Waals surface area contributed by atoms with Crippen molar-refractivity contribution >= 4 is 17.9 Å². The first-order valence-electron chi connectivity index (χ1n) is 10.4. The summed E-state index contributed by atoms with van der Waals surface area (Å²) in [6, 6.07) is 18.4. The van der Waals surface area contributed by atoms with E-state index in [4.69, 9.17) is 9.15 Å². The lowest BCUT2D eigenvalue weighted by molar-refractivity contribution is -0.118. The fraction of sp³-hybridized carbons (Fsp3) is 0.154. The van der Waals surface area contributed by atoms with Gasteiger partial charge in [0.15, 0.2) is 0 Å². The van der Waals surface area contributed by atoms with Crippen LogP contribution in [0.2, 0.25) is 0 Å². The van der Waals surface area contributed by atoms with Gasteiger partial charge in [-0.2, -0.15) is 0 Å². The first-order valence-corrected chi connectivity index (χ1v) is 10.4. The highest BCUT2D eigenvalue weighted by Gasteiger charge is 2.21. The second-order valence-electron chi connectivity index (χ2n) is 7.58. The number of aryl methyl sites for hydroxylation is 1. The van der Waals surface area contributed by atoms with Crippen molar-refractivity contribution in [3.8, 4) is 5.75 Å². The molecule has 0 saturated heterocycles. The van der Waals surface area contributed by atoms with Crippen LogP contribution in [0, 0.1) is 6.92 Å². The number of ether oxygens (including phenoxy) is 1. The Morgan fingerprint density at radius 1 is 1.03 bits per heavy atom. The van der Waals surface area contributed by atoms with E-state index >= 15 is 0 Å². The van der Waals surface area contributed by atoms with Gasteiger partial charge >= 0.3 is 0 Å². The largest absolute Gasteiger partial charge is 0.485 e. The Bertz CT molecular complexity index is 1170. The number of benzene rings is 2. The number of rotatable bonds is 6. The van der Waals surface area contributed by atoms with Crippen LogP contribution in [0.15, 0.2) is 88.7 Å². The molecule has 2 aromatic carbocycles. The van der Waals surface area contributed by atoms with E-state index in [9.17, 15) is 9.59 Å². The van der Waals surface area contributed by atoms with Crippen molar-refractivity contribution in [2.75, 3.05) is 0 Å². The minimum Gasteiger partial charge on any atom is -0.485 e. The maximum atomic E-state index is 13.0. The quantitative estimate of drug-likeness (QED) is 0.571. The zero-order chi connectivity index (χ0) is 22.5. The number of carbonyl (C=O) groups is 2. The van der Waals surface area contributed by atoms with Crippen LogP contribution < -0.4 is 15.4 Å². The van der Waals surface area contributed by atoms with E-state index in [1.54, 1.807) is 36.6 Å². The summed E-state index contributed by atoms with van der Waals surface area (Å²) in [5.41, 5.74) is 3.33. The average Bonchev–Trinajstić information content (AvgIpc) is 3.31. The Labute approximate surface area is 186 Å². The molecule has 6 nitrogen and oxygen atoms in total. The van der Waals surface area contributed by atoms with Gasteiger partial charge in [0.1, 0.15) is 23.3 Å². The molecule has 0 fully saturated rings. The maximum Gasteiger partial charge on any atom is 0.268 e. The number of furan rings is 1. The molecule has 0 unspecified atom stereocenters. The fourth-order valence-corrected chi connectivity index (χ4v) is 3.32. The molecule has 1 atom stereocenters. The van der Waals surface area contributed by atoms with Crippen molar-refractivity contribution in [3.63, 3.8) is 0 Å². The number of carbonyl (C=O) groups excluding carboxylic acids is 2. The van der Waals surface area contributed by atoms with E-state index < -0.39 is 5.91 Å². The van der Waals surface area contributed by atoms with Crippen LogP contribution in [0.5, 0.6) is 5.75 Å². The van der Waals surface area contributed by atoms with Crippen LogP contribution in [0.1, 0.15) is 34.2 Å². The number of fused-ring (bicyclic) bond motifs is 1. The van der Waals surface area contributed by atoms with Crippen LogP contribution in [0.3, 0.4) is 0 Å². The molecule has 2 N–H and O–H groups in total. The molecule has 0 radical (unpaired) electrons. The molecule has 32 heavy (non-hydrogen) atoms. The summed E-state index contributed by atoms with van der Waals surface area (Å²) in [5.74, 6) is 0.610. The highest BCUT2D eigenvalue weighted by atomic mass is 16.5. The summed E-state index contributed by atoms with van der Waals surface area (Å²) in [5, 5.41) is 5.55. The van der Waals surface area contributed by atoms with E-state index in [0.29, 0.717) is 11.3 Å². The molecule has 1 aliphatic rings. The van der Waals surface area contributed by atoms with E-state index in [1.165, 1.54) is 0 Å². The predicted octanol–water partition coefficient (Wildman–Crippen LogP) is 4.38. The lowest BCUT2D eigenvalue weighted by Gasteiger charge is -2.23. The summed E-state index contributed by atoms with van der Waals surface area (Å²) in [6.07, 6.45) is 4.88. The van der Waals surface area contributed by atoms with E-state index in [0.717, 1.165) is 22.4 Å². The van der Waals surface area contributed by atoms with Gasteiger partial charge in [0.25, 0.3) is 11.8 Å². The Morgan fingerprint density at radius 3 is 2.56 bits per heavy atom. The third-order valence-electron chi connectivity index (χ3n) is 5.14. The van der Waals surface area contributed by atoms with Gasteiger partial charge in [-0.15, -0.1) is 0 Å². The van der Waals surface area contributed by atoms with Crippen molar-refractivity contribution < 1.29 is 18.7 Å². The number of nitrogens with one attached hydrogen (secondary N) is 2. The van der Waals surface area contributed by atoms with Crippen LogP contribution in [0.4, 0.5) is 0 Å². The molecule has 1 aromatic heterocycles. The van der Waals surface area contributed by atoms with Gasteiger partial charge in [0.05, 0.1) is 12.8 Å². The summed E-state index contributed by atoms with van der Waals surface area (Å²) >= 11 is 0. The molecule has 162 valence electrons. The molecule has 0 aliphatic carbocycles. The first kappa shape index (κ1) is 21.2. The van der Waals surface area contributed by atoms with E-state index in [-0.39, 0.29) is 24.3 Å². The topological polar surface area (TPSA) is 80.6 Å². The van der Waals surface area contributed by atoms with Gasteiger partial charge in [0, 0.05) is 11.1 Å². The fourth-order valence-electron chi connectivity index (χ4n) is 3.32. The molecule has 0 saturated carbocycles. The van der Waals surface area contributed by atoms with Crippen molar-refractivity contribution in [1.82, 2.24) is 10.6 Å². The smallest absolute Gasteiger partial charge is 0.268 e. The lowest BCUT2D eigenvalue weighted by atomic mass is 10.0. The first-order chi connectivity index (χ1) is 15.5. The Kier molecular flexibility index (Phi) is 6.22. The molecule has 1 aliphatic heterocycles. The highest BCUT2D eigenvalue weighted by molar-refractivity contribution is 6.03. The summed E-state index contributed by atoms with van der Waals surface area (Å²) in [6.45, 7) is 4.06. The van der Waals surface area contributed by atoms with Crippen LogP contribution in [-0.2, 0) is 11.3 Å². The molecular formula is C26H24N2O4. The SMILES string of the molecule is Cc1ccc(C(=O)N/C(=C/C2=Cc3ccccc3O[C@@H]2C)C(=O)NCc2ccco2)cc1. The predicted molar refractivity (Wildman–Crippen MR) is 122 cm³/mol. The highest BCUT2D eigenvalue weighted by Crippen LogP contribution is 2.30. The van der Waals surface area contributed by atoms with E-state index in [1.807, 2.05) is 56.3 Å². The molecule has 3 aromatic rings. The Balaban J connectivity index is 1.61. The number of hydrogen-bond donors (Lipinski definition) is 2. The van der Waals surface area contributed by atoms with Gasteiger partial charge in [-0.1, -0.05) is 35.9 Å². The van der Waals surface area contributed by atoms with Gasteiger partial charge in [0.2, 0.25) is 0 Å². The Morgan fingerprint density at radius 2 is 1.81 bits per heavy atom. The van der Waals surface area contributed by atoms with Gasteiger partial charge in [-0.25, -0.2) is 0 Å². The van der Waals surface area contributed by atoms with Crippen molar-refractivity contribution in [3.05, 3.63) is 107 Å². The van der Waals surface area contributed by atoms with Crippen LogP contribution in [-0.4, -0.2) is 17.9 Å². The molecule has 6 heteroatoms.